The number of phenols is 6. The van der Waals surface area contributed by atoms with Gasteiger partial charge in [0.1, 0.15) is 44.5 Å². The molecule has 8 heterocycles. The predicted octanol–water partition coefficient (Wildman–Crippen LogP) is 19.5. The van der Waals surface area contributed by atoms with Gasteiger partial charge in [0.2, 0.25) is 0 Å². The van der Waals surface area contributed by atoms with Gasteiger partial charge in [-0.3, -0.25) is 28.3 Å². The number of imidazole rings is 2. The molecule has 6 aromatic carbocycles. The fraction of sp³-hybridized carbons (Fsp3) is 0.231. The average Bonchev–Trinajstić information content (AvgIpc) is 1.59. The lowest BCUT2D eigenvalue weighted by Gasteiger charge is -2.11. The van der Waals surface area contributed by atoms with Crippen molar-refractivity contribution in [2.75, 3.05) is 33.7 Å². The first-order chi connectivity index (χ1) is 55.3. The lowest BCUT2D eigenvalue weighted by molar-refractivity contribution is 0.0941. The summed E-state index contributed by atoms with van der Waals surface area (Å²) >= 11 is 71.3. The maximum Gasteiger partial charge on any atom is 0.269 e. The van der Waals surface area contributed by atoms with E-state index in [0.29, 0.717) is 104 Å². The first-order valence-corrected chi connectivity index (χ1v) is 39.7. The van der Waals surface area contributed by atoms with E-state index in [1.165, 1.54) is 49.1 Å². The van der Waals surface area contributed by atoms with Crippen LogP contribution in [0, 0.1) is 5.92 Å². The van der Waals surface area contributed by atoms with Crippen molar-refractivity contribution in [3.63, 3.8) is 0 Å². The van der Waals surface area contributed by atoms with Crippen LogP contribution in [0.4, 0.5) is 0 Å². The molecule has 2 aliphatic rings. The molecule has 2 fully saturated rings. The van der Waals surface area contributed by atoms with Crippen LogP contribution in [0.3, 0.4) is 0 Å². The highest BCUT2D eigenvalue weighted by molar-refractivity contribution is 8.93. The monoisotopic (exact) mass is 1960 g/mol. The van der Waals surface area contributed by atoms with Crippen molar-refractivity contribution < 1.29 is 40.2 Å². The SMILES string of the molecule is Br.CCNCc1ccc2c(Cl)cc(Cl)c(O)c2n1.CN(C)Cc1ccc2c(Cl)cc(Cl)c(O)c2n1.Cl.Cl.Cn1cnc(CCNC(=O)c2ccc3c(Cl)cc(Cl)c(O)c3n2)c1.O=C(NCCc1cnc[nH]1)c1ccc2c(Cl)cc(Cl)c(O)c2n1.O=c1c2c(Cl)cc(Cl)c(O)c2ncn1C1CC1.O=c1c2c(Cl)cc(Cl)c(O)c2ncn1CC1CC1. The van der Waals surface area contributed by atoms with E-state index in [2.05, 4.69) is 60.8 Å². The van der Waals surface area contributed by atoms with E-state index >= 15 is 0 Å². The van der Waals surface area contributed by atoms with E-state index < -0.39 is 0 Å². The largest absolute Gasteiger partial charge is 0.504 e. The molecule has 16 rings (SSSR count). The fourth-order valence-electron chi connectivity index (χ4n) is 11.5. The van der Waals surface area contributed by atoms with Gasteiger partial charge in [-0.2, -0.15) is 0 Å². The zero-order chi connectivity index (χ0) is 83.7. The molecule has 0 bridgehead atoms. The molecule has 2 amide bonds. The Kier molecular flexibility index (Phi) is 34.9. The molecule has 628 valence electrons. The summed E-state index contributed by atoms with van der Waals surface area (Å²) in [6.45, 7) is 5.74. The van der Waals surface area contributed by atoms with Gasteiger partial charge in [-0.05, 0) is 137 Å². The van der Waals surface area contributed by atoms with E-state index in [4.69, 9.17) is 139 Å². The molecular weight excluding hydrogens is 1900 g/mol. The molecule has 2 aliphatic carbocycles. The van der Waals surface area contributed by atoms with Crippen LogP contribution in [0.2, 0.25) is 60.3 Å². The van der Waals surface area contributed by atoms with Crippen molar-refractivity contribution in [2.45, 2.75) is 71.1 Å². The second-order valence-electron chi connectivity index (χ2n) is 26.6. The molecule has 26 nitrogen and oxygen atoms in total. The quantitative estimate of drug-likeness (QED) is 0.0429. The molecule has 0 atom stereocenters. The van der Waals surface area contributed by atoms with Crippen LogP contribution >= 0.6 is 181 Å². The smallest absolute Gasteiger partial charge is 0.269 e. The van der Waals surface area contributed by atoms with Crippen molar-refractivity contribution >= 4 is 258 Å². The van der Waals surface area contributed by atoms with E-state index in [1.54, 1.807) is 52.3 Å². The summed E-state index contributed by atoms with van der Waals surface area (Å²) in [5, 5.41) is 73.9. The number of carbonyl (C=O) groups excluding carboxylic acids is 2. The number of nitrogens with zero attached hydrogens (tertiary/aromatic N) is 12. The van der Waals surface area contributed by atoms with E-state index in [1.807, 2.05) is 68.0 Å². The molecule has 14 aromatic rings. The molecule has 0 radical (unpaired) electrons. The number of aromatic hydroxyl groups is 6. The number of rotatable bonds is 16. The Morgan fingerprint density at radius 2 is 0.908 bits per heavy atom. The van der Waals surface area contributed by atoms with Crippen molar-refractivity contribution in [3.8, 4) is 34.5 Å². The number of aryl methyl sites for hydroxylation is 1. The van der Waals surface area contributed by atoms with Gasteiger partial charge >= 0.3 is 0 Å². The Morgan fingerprint density at radius 3 is 1.33 bits per heavy atom. The molecule has 0 aliphatic heterocycles. The average molecular weight is 1970 g/mol. The molecule has 8 aromatic heterocycles. The lowest BCUT2D eigenvalue weighted by Crippen LogP contribution is -2.26. The Hall–Kier alpha value is -8.14. The van der Waals surface area contributed by atoms with Gasteiger partial charge in [-0.15, -0.1) is 41.8 Å². The van der Waals surface area contributed by atoms with E-state index in [0.717, 1.165) is 55.0 Å². The summed E-state index contributed by atoms with van der Waals surface area (Å²) in [5.41, 5.74) is 5.01. The number of aromatic nitrogens is 12. The molecule has 2 saturated carbocycles. The third-order valence-electron chi connectivity index (χ3n) is 17.7. The number of carbonyl (C=O) groups is 2. The second-order valence-corrected chi connectivity index (χ2v) is 31.5. The summed E-state index contributed by atoms with van der Waals surface area (Å²) in [6, 6.07) is 22.7. The van der Waals surface area contributed by atoms with Crippen molar-refractivity contribution in [3.05, 3.63) is 238 Å². The summed E-state index contributed by atoms with van der Waals surface area (Å²) in [4.78, 5) is 87.1. The topological polar surface area (TPSA) is 363 Å². The second kappa shape index (κ2) is 43.1. The number of nitrogens with one attached hydrogen (secondary N) is 4. The zero-order valence-corrected chi connectivity index (χ0v) is 75.0. The Bertz CT molecular complexity index is 6210. The summed E-state index contributed by atoms with van der Waals surface area (Å²) in [6.07, 6.45) is 15.2. The fourth-order valence-corrected chi connectivity index (χ4v) is 14.7. The highest BCUT2D eigenvalue weighted by Crippen LogP contribution is 2.43. The molecule has 0 saturated heterocycles. The number of hydrogen-bond acceptors (Lipinski definition) is 20. The summed E-state index contributed by atoms with van der Waals surface area (Å²) < 4.78 is 4.94. The van der Waals surface area contributed by atoms with Gasteiger partial charge in [0.25, 0.3) is 22.9 Å². The van der Waals surface area contributed by atoms with Crippen molar-refractivity contribution in [1.82, 2.24) is 79.4 Å². The minimum absolute atomic E-state index is 0. The van der Waals surface area contributed by atoms with Crippen LogP contribution in [-0.2, 0) is 39.5 Å². The standard InChI is InChI=1S/C16H14Cl2N4O2.C15H12Cl2N4O2.C12H10Cl2N2O2.2C12H12Cl2N2O.C11H8Cl2N2O2.BrH.2ClH/c1-22-7-9(20-8-22)4-5-19-16(24)13-3-2-10-11(17)6-12(18)15(23)14(10)21-13;16-10-5-11(17)14(22)13-9(10)1-2-12(21-13)15(23)19-4-3-8-6-18-7-20-8;13-7-3-8(14)11(17)10-9(7)12(18)16(5-15-10)4-6-1-2-6;1-16(2)6-7-3-4-8-9(13)5-10(14)12(17)11(8)15-7;1-2-15-6-7-3-4-8-9(13)5-10(14)12(17)11(8)16-7;12-6-3-7(13)10(16)9-8(6)11(17)15(4-14-9)5-1-2-5;;;/h2-3,6-8,23H,4-5H2,1H3,(H,19,24);1-2,5-7,22H,3-4H2,(H,18,20)(H,19,23);3,5-6,17H,1-2,4H2;3-5,17H,6H2,1-2H3;3-5,15,17H,2,6H2,1H3;3-5,16H,1-2H2;3*1H. The third kappa shape index (κ3) is 23.8. The minimum atomic E-state index is -0.345. The first-order valence-electron chi connectivity index (χ1n) is 35.2. The van der Waals surface area contributed by atoms with Gasteiger partial charge in [0, 0.05) is 98.3 Å². The molecule has 41 heteroatoms. The number of hydrogen-bond donors (Lipinski definition) is 10. The van der Waals surface area contributed by atoms with Gasteiger partial charge in [-0.1, -0.05) is 146 Å². The summed E-state index contributed by atoms with van der Waals surface area (Å²) in [5.74, 6) is -0.974. The highest BCUT2D eigenvalue weighted by Gasteiger charge is 2.28. The molecule has 0 unspecified atom stereocenters. The van der Waals surface area contributed by atoms with Crippen molar-refractivity contribution in [2.24, 2.45) is 13.0 Å². The van der Waals surface area contributed by atoms with Crippen molar-refractivity contribution in [1.29, 1.82) is 0 Å². The number of H-pyrrole nitrogens is 1. The van der Waals surface area contributed by atoms with Crippen LogP contribution in [0.15, 0.2) is 132 Å². The maximum absolute atomic E-state index is 12.3. The number of fused-ring (bicyclic) bond motifs is 6. The maximum atomic E-state index is 12.3. The predicted molar refractivity (Wildman–Crippen MR) is 484 cm³/mol. The van der Waals surface area contributed by atoms with E-state index in [-0.39, 0.29) is 190 Å². The number of phenolic OH excluding ortho intramolecular Hbond substituents is 6. The highest BCUT2D eigenvalue weighted by atomic mass is 79.9. The molecule has 0 spiro atoms. The van der Waals surface area contributed by atoms with Crippen LogP contribution in [0.5, 0.6) is 34.5 Å². The molecule has 10 N–H and O–H groups in total. The Balaban J connectivity index is 0.000000178. The zero-order valence-electron chi connectivity index (χ0n) is 62.6. The van der Waals surface area contributed by atoms with Gasteiger partial charge in [0.05, 0.1) is 113 Å². The minimum Gasteiger partial charge on any atom is -0.504 e. The normalized spacial score (nSPS) is 12.0. The van der Waals surface area contributed by atoms with Gasteiger partial charge in [-0.25, -0.2) is 39.9 Å². The van der Waals surface area contributed by atoms with Gasteiger partial charge in [0.15, 0.2) is 34.5 Å². The Morgan fingerprint density at radius 1 is 0.496 bits per heavy atom. The Labute approximate surface area is 761 Å². The van der Waals surface area contributed by atoms with Crippen LogP contribution in [0.1, 0.15) is 82.4 Å². The van der Waals surface area contributed by atoms with Crippen LogP contribution in [0.25, 0.3) is 65.4 Å². The lowest BCUT2D eigenvalue weighted by atomic mass is 10.2. The number of aromatic amines is 1. The number of halogens is 15. The van der Waals surface area contributed by atoms with Gasteiger partial charge < -0.3 is 61.0 Å². The number of pyridine rings is 4. The summed E-state index contributed by atoms with van der Waals surface area (Å²) in [7, 11) is 5.80. The van der Waals surface area contributed by atoms with E-state index in [9.17, 15) is 49.8 Å². The molecular formula is C78H71BrCl14N16O10. The van der Waals surface area contributed by atoms with Crippen LogP contribution < -0.4 is 27.1 Å². The van der Waals surface area contributed by atoms with Crippen LogP contribution in [-0.4, -0.2) is 140 Å². The number of benzene rings is 6. The number of amides is 2. The first kappa shape index (κ1) is 96.3. The third-order valence-corrected chi connectivity index (χ3v) is 21.3. The molecule has 119 heavy (non-hydrogen) atoms.